The summed E-state index contributed by atoms with van der Waals surface area (Å²) >= 11 is 0. The summed E-state index contributed by atoms with van der Waals surface area (Å²) in [6.07, 6.45) is 3.37. The highest BCUT2D eigenvalue weighted by molar-refractivity contribution is 5.85. The van der Waals surface area contributed by atoms with Crippen LogP contribution in [-0.2, 0) is 6.42 Å². The average Bonchev–Trinajstić information content (AvgIpc) is 2.67. The average molecular weight is 238 g/mol. The topological polar surface area (TPSA) is 41.6 Å². The first-order valence-corrected chi connectivity index (χ1v) is 4.47. The van der Waals surface area contributed by atoms with Crippen molar-refractivity contribution < 1.29 is 4.39 Å². The second-order valence-corrected chi connectivity index (χ2v) is 3.00. The molecular formula is C11H9ClFN3. The molecule has 16 heavy (non-hydrogen) atoms. The molecule has 0 saturated heterocycles. The van der Waals surface area contributed by atoms with Gasteiger partial charge in [-0.2, -0.15) is 5.26 Å². The number of aromatic nitrogens is 2. The van der Waals surface area contributed by atoms with Crippen molar-refractivity contribution in [1.82, 2.24) is 9.55 Å². The molecule has 2 aromatic rings. The van der Waals surface area contributed by atoms with Gasteiger partial charge in [0.1, 0.15) is 11.6 Å². The summed E-state index contributed by atoms with van der Waals surface area (Å²) < 4.78 is 15.0. The number of hydrogen-bond donors (Lipinski definition) is 0. The number of rotatable bonds is 2. The highest BCUT2D eigenvalue weighted by atomic mass is 35.5. The zero-order valence-corrected chi connectivity index (χ0v) is 9.12. The van der Waals surface area contributed by atoms with Gasteiger partial charge >= 0.3 is 0 Å². The van der Waals surface area contributed by atoms with Crippen molar-refractivity contribution in [2.45, 2.75) is 6.42 Å². The van der Waals surface area contributed by atoms with Crippen LogP contribution in [0, 0.1) is 17.1 Å². The Hall–Kier alpha value is -1.86. The molecule has 3 nitrogen and oxygen atoms in total. The Bertz CT molecular complexity index is 516. The predicted molar refractivity (Wildman–Crippen MR) is 60.1 cm³/mol. The van der Waals surface area contributed by atoms with E-state index in [-0.39, 0.29) is 24.6 Å². The van der Waals surface area contributed by atoms with E-state index in [0.29, 0.717) is 11.5 Å². The zero-order chi connectivity index (χ0) is 10.7. The van der Waals surface area contributed by atoms with Gasteiger partial charge < -0.3 is 0 Å². The van der Waals surface area contributed by atoms with Crippen LogP contribution in [-0.4, -0.2) is 9.55 Å². The van der Waals surface area contributed by atoms with E-state index >= 15 is 0 Å². The lowest BCUT2D eigenvalue weighted by atomic mass is 10.3. The van der Waals surface area contributed by atoms with E-state index in [4.69, 9.17) is 5.26 Å². The van der Waals surface area contributed by atoms with Crippen LogP contribution in [0.3, 0.4) is 0 Å². The normalized spacial score (nSPS) is 9.25. The SMILES string of the molecule is Cl.N#CCc1nccn1-c1ccccc1F. The lowest BCUT2D eigenvalue weighted by Gasteiger charge is -2.06. The molecule has 0 aliphatic rings. The third kappa shape index (κ3) is 2.20. The molecule has 0 unspecified atom stereocenters. The Morgan fingerprint density at radius 1 is 1.38 bits per heavy atom. The van der Waals surface area contributed by atoms with E-state index in [1.54, 1.807) is 35.2 Å². The summed E-state index contributed by atoms with van der Waals surface area (Å²) in [5.74, 6) is 0.220. The van der Waals surface area contributed by atoms with Crippen LogP contribution in [0.2, 0.25) is 0 Å². The van der Waals surface area contributed by atoms with Gasteiger partial charge in [-0.1, -0.05) is 12.1 Å². The van der Waals surface area contributed by atoms with Crippen LogP contribution >= 0.6 is 12.4 Å². The molecule has 0 saturated carbocycles. The maximum absolute atomic E-state index is 13.4. The molecule has 0 spiro atoms. The number of imidazole rings is 1. The number of hydrogen-bond acceptors (Lipinski definition) is 2. The van der Waals surface area contributed by atoms with Crippen LogP contribution in [0.5, 0.6) is 0 Å². The first-order chi connectivity index (χ1) is 7.33. The van der Waals surface area contributed by atoms with Crippen LogP contribution < -0.4 is 0 Å². The molecule has 0 N–H and O–H groups in total. The summed E-state index contributed by atoms with van der Waals surface area (Å²) in [7, 11) is 0. The van der Waals surface area contributed by atoms with Crippen molar-refractivity contribution in [3.05, 3.63) is 48.3 Å². The molecule has 0 radical (unpaired) electrons. The van der Waals surface area contributed by atoms with Crippen molar-refractivity contribution in [3.63, 3.8) is 0 Å². The Morgan fingerprint density at radius 2 is 2.12 bits per heavy atom. The maximum atomic E-state index is 13.4. The second kappa shape index (κ2) is 5.29. The minimum atomic E-state index is -0.324. The lowest BCUT2D eigenvalue weighted by Crippen LogP contribution is -2.01. The summed E-state index contributed by atoms with van der Waals surface area (Å²) in [5.41, 5.74) is 0.417. The Morgan fingerprint density at radius 3 is 2.81 bits per heavy atom. The van der Waals surface area contributed by atoms with Gasteiger partial charge in [-0.15, -0.1) is 12.4 Å². The van der Waals surface area contributed by atoms with Crippen molar-refractivity contribution in [2.24, 2.45) is 0 Å². The largest absolute Gasteiger partial charge is 0.300 e. The minimum absolute atomic E-state index is 0. The maximum Gasteiger partial charge on any atom is 0.147 e. The van der Waals surface area contributed by atoms with E-state index < -0.39 is 0 Å². The van der Waals surface area contributed by atoms with Gasteiger partial charge in [-0.3, -0.25) is 4.57 Å². The molecule has 0 fully saturated rings. The summed E-state index contributed by atoms with van der Waals surface area (Å²) in [5, 5.41) is 8.58. The van der Waals surface area contributed by atoms with Crippen LogP contribution in [0.1, 0.15) is 5.82 Å². The van der Waals surface area contributed by atoms with Crippen molar-refractivity contribution in [3.8, 4) is 11.8 Å². The fraction of sp³-hybridized carbons (Fsp3) is 0.0909. The van der Waals surface area contributed by atoms with Crippen molar-refractivity contribution >= 4 is 12.4 Å². The molecule has 0 aliphatic carbocycles. The number of nitrogens with zero attached hydrogens (tertiary/aromatic N) is 3. The second-order valence-electron chi connectivity index (χ2n) is 3.00. The standard InChI is InChI=1S/C11H8FN3.ClH/c12-9-3-1-2-4-10(9)15-8-7-14-11(15)5-6-13;/h1-4,7-8H,5H2;1H. The third-order valence-electron chi connectivity index (χ3n) is 2.07. The van der Waals surface area contributed by atoms with Gasteiger partial charge in [-0.05, 0) is 12.1 Å². The Labute approximate surface area is 98.6 Å². The van der Waals surface area contributed by atoms with Gasteiger partial charge in [0.15, 0.2) is 0 Å². The molecule has 0 aliphatic heterocycles. The summed E-state index contributed by atoms with van der Waals surface area (Å²) in [6.45, 7) is 0. The fourth-order valence-corrected chi connectivity index (χ4v) is 1.40. The first kappa shape index (κ1) is 12.2. The zero-order valence-electron chi connectivity index (χ0n) is 8.30. The predicted octanol–water partition coefficient (Wildman–Crippen LogP) is 2.50. The van der Waals surface area contributed by atoms with Gasteiger partial charge in [-0.25, -0.2) is 9.37 Å². The van der Waals surface area contributed by atoms with Crippen LogP contribution in [0.4, 0.5) is 4.39 Å². The molecule has 0 bridgehead atoms. The highest BCUT2D eigenvalue weighted by Gasteiger charge is 2.07. The van der Waals surface area contributed by atoms with E-state index in [1.807, 2.05) is 6.07 Å². The molecule has 0 atom stereocenters. The molecule has 2 rings (SSSR count). The van der Waals surface area contributed by atoms with E-state index in [9.17, 15) is 4.39 Å². The molecule has 0 amide bonds. The molecule has 82 valence electrons. The Balaban J connectivity index is 0.00000128. The van der Waals surface area contributed by atoms with E-state index in [0.717, 1.165) is 0 Å². The summed E-state index contributed by atoms with van der Waals surface area (Å²) in [6, 6.07) is 8.39. The van der Waals surface area contributed by atoms with Gasteiger partial charge in [0.05, 0.1) is 18.2 Å². The fourth-order valence-electron chi connectivity index (χ4n) is 1.40. The number of para-hydroxylation sites is 1. The minimum Gasteiger partial charge on any atom is -0.300 e. The van der Waals surface area contributed by atoms with E-state index in [2.05, 4.69) is 4.98 Å². The lowest BCUT2D eigenvalue weighted by molar-refractivity contribution is 0.616. The number of benzene rings is 1. The third-order valence-corrected chi connectivity index (χ3v) is 2.07. The van der Waals surface area contributed by atoms with Gasteiger partial charge in [0.25, 0.3) is 0 Å². The number of halogens is 2. The molecule has 5 heteroatoms. The van der Waals surface area contributed by atoms with E-state index in [1.165, 1.54) is 6.07 Å². The molecular weight excluding hydrogens is 229 g/mol. The number of nitriles is 1. The van der Waals surface area contributed by atoms with Gasteiger partial charge in [0, 0.05) is 12.4 Å². The van der Waals surface area contributed by atoms with Crippen LogP contribution in [0.25, 0.3) is 5.69 Å². The first-order valence-electron chi connectivity index (χ1n) is 4.47. The smallest absolute Gasteiger partial charge is 0.147 e. The van der Waals surface area contributed by atoms with Crippen LogP contribution in [0.15, 0.2) is 36.7 Å². The highest BCUT2D eigenvalue weighted by Crippen LogP contribution is 2.14. The molecule has 1 heterocycles. The molecule has 1 aromatic heterocycles. The van der Waals surface area contributed by atoms with Crippen molar-refractivity contribution in [1.29, 1.82) is 5.26 Å². The van der Waals surface area contributed by atoms with Gasteiger partial charge in [0.2, 0.25) is 0 Å². The van der Waals surface area contributed by atoms with Crippen molar-refractivity contribution in [2.75, 3.05) is 0 Å². The quantitative estimate of drug-likeness (QED) is 0.805. The molecule has 1 aromatic carbocycles. The Kier molecular flexibility index (Phi) is 4.03. The summed E-state index contributed by atoms with van der Waals surface area (Å²) in [4.78, 5) is 4.00. The monoisotopic (exact) mass is 237 g/mol.